The van der Waals surface area contributed by atoms with Crippen LogP contribution in [0.4, 0.5) is 10.5 Å². The van der Waals surface area contributed by atoms with Crippen molar-refractivity contribution in [2.45, 2.75) is 32.2 Å². The first-order valence-corrected chi connectivity index (χ1v) is 7.58. The van der Waals surface area contributed by atoms with Gasteiger partial charge in [-0.25, -0.2) is 4.79 Å². The second-order valence-corrected chi connectivity index (χ2v) is 5.44. The summed E-state index contributed by atoms with van der Waals surface area (Å²) in [5.41, 5.74) is 1.48. The largest absolute Gasteiger partial charge is 0.334 e. The van der Waals surface area contributed by atoms with Crippen LogP contribution in [0.1, 0.15) is 31.7 Å². The van der Waals surface area contributed by atoms with Crippen LogP contribution < -0.4 is 10.6 Å². The molecule has 1 aliphatic heterocycles. The highest BCUT2D eigenvalue weighted by Gasteiger charge is 2.17. The smallest absolute Gasteiger partial charge is 0.319 e. The van der Waals surface area contributed by atoms with Gasteiger partial charge in [-0.15, -0.1) is 6.42 Å². The molecule has 4 heteroatoms. The van der Waals surface area contributed by atoms with Crippen LogP contribution in [-0.4, -0.2) is 36.6 Å². The Hall–Kier alpha value is -1.99. The lowest BCUT2D eigenvalue weighted by atomic mass is 10.2. The summed E-state index contributed by atoms with van der Waals surface area (Å²) < 4.78 is 0. The zero-order valence-electron chi connectivity index (χ0n) is 12.6. The van der Waals surface area contributed by atoms with Crippen molar-refractivity contribution in [3.8, 4) is 12.3 Å². The first kappa shape index (κ1) is 15.4. The second kappa shape index (κ2) is 7.70. The van der Waals surface area contributed by atoms with Gasteiger partial charge in [0.15, 0.2) is 0 Å². The van der Waals surface area contributed by atoms with Gasteiger partial charge in [0.2, 0.25) is 0 Å². The molecule has 21 heavy (non-hydrogen) atoms. The lowest BCUT2D eigenvalue weighted by Crippen LogP contribution is -2.44. The number of terminal acetylenes is 1. The number of hydrogen-bond acceptors (Lipinski definition) is 2. The van der Waals surface area contributed by atoms with Gasteiger partial charge < -0.3 is 15.5 Å². The Morgan fingerprint density at radius 1 is 1.43 bits per heavy atom. The summed E-state index contributed by atoms with van der Waals surface area (Å²) in [6.07, 6.45) is 8.81. The molecule has 1 aromatic rings. The van der Waals surface area contributed by atoms with E-state index in [0.717, 1.165) is 37.3 Å². The van der Waals surface area contributed by atoms with Crippen molar-refractivity contribution in [1.29, 1.82) is 0 Å². The summed E-state index contributed by atoms with van der Waals surface area (Å²) in [4.78, 5) is 14.5. The lowest BCUT2D eigenvalue weighted by Gasteiger charge is -2.23. The maximum Gasteiger partial charge on any atom is 0.319 e. The van der Waals surface area contributed by atoms with Gasteiger partial charge >= 0.3 is 6.03 Å². The van der Waals surface area contributed by atoms with Gasteiger partial charge in [-0.05, 0) is 50.6 Å². The number of likely N-dealkylation sites (tertiary alicyclic amines) is 1. The molecule has 1 heterocycles. The Balaban J connectivity index is 1.85. The molecule has 112 valence electrons. The van der Waals surface area contributed by atoms with E-state index in [1.165, 1.54) is 12.8 Å². The number of amides is 2. The van der Waals surface area contributed by atoms with E-state index in [1.807, 2.05) is 18.2 Å². The van der Waals surface area contributed by atoms with Crippen LogP contribution in [0.5, 0.6) is 0 Å². The third-order valence-corrected chi connectivity index (χ3v) is 3.79. The van der Waals surface area contributed by atoms with Gasteiger partial charge in [0.1, 0.15) is 0 Å². The summed E-state index contributed by atoms with van der Waals surface area (Å²) in [5, 5.41) is 5.88. The van der Waals surface area contributed by atoms with Crippen LogP contribution >= 0.6 is 0 Å². The zero-order chi connectivity index (χ0) is 15.1. The van der Waals surface area contributed by atoms with E-state index in [9.17, 15) is 4.79 Å². The molecule has 2 amide bonds. The number of hydrogen-bond donors (Lipinski definition) is 2. The fourth-order valence-electron chi connectivity index (χ4n) is 2.59. The van der Waals surface area contributed by atoms with Crippen LogP contribution in [0.25, 0.3) is 0 Å². The van der Waals surface area contributed by atoms with E-state index < -0.39 is 0 Å². The molecule has 1 saturated heterocycles. The van der Waals surface area contributed by atoms with Gasteiger partial charge in [0.25, 0.3) is 0 Å². The molecule has 4 nitrogen and oxygen atoms in total. The van der Waals surface area contributed by atoms with Gasteiger partial charge in [0, 0.05) is 23.8 Å². The first-order chi connectivity index (χ1) is 10.2. The van der Waals surface area contributed by atoms with Crippen LogP contribution in [-0.2, 0) is 0 Å². The minimum absolute atomic E-state index is 0.171. The fourth-order valence-corrected chi connectivity index (χ4v) is 2.59. The van der Waals surface area contributed by atoms with Gasteiger partial charge in [-0.1, -0.05) is 18.9 Å². The summed E-state index contributed by atoms with van der Waals surface area (Å²) >= 11 is 0. The SMILES string of the molecule is C#Cc1cccc(NC(=O)NC(CC)CN2CCCC2)c1. The van der Waals surface area contributed by atoms with E-state index in [-0.39, 0.29) is 12.1 Å². The number of nitrogens with one attached hydrogen (secondary N) is 2. The predicted octanol–water partition coefficient (Wildman–Crippen LogP) is 2.66. The third kappa shape index (κ3) is 4.80. The zero-order valence-corrected chi connectivity index (χ0v) is 12.6. The van der Waals surface area contributed by atoms with Crippen LogP contribution in [0.3, 0.4) is 0 Å². The minimum atomic E-state index is -0.171. The van der Waals surface area contributed by atoms with E-state index in [0.29, 0.717) is 0 Å². The topological polar surface area (TPSA) is 44.4 Å². The first-order valence-electron chi connectivity index (χ1n) is 7.58. The number of anilines is 1. The molecule has 0 radical (unpaired) electrons. The Morgan fingerprint density at radius 3 is 2.86 bits per heavy atom. The number of nitrogens with zero attached hydrogens (tertiary/aromatic N) is 1. The predicted molar refractivity (Wildman–Crippen MR) is 86.3 cm³/mol. The number of rotatable bonds is 5. The molecule has 2 rings (SSSR count). The minimum Gasteiger partial charge on any atom is -0.334 e. The monoisotopic (exact) mass is 285 g/mol. The number of carbonyl (C=O) groups excluding carboxylic acids is 1. The second-order valence-electron chi connectivity index (χ2n) is 5.44. The Morgan fingerprint density at radius 2 is 2.19 bits per heavy atom. The molecular formula is C17H23N3O. The molecular weight excluding hydrogens is 262 g/mol. The molecule has 0 bridgehead atoms. The number of carbonyl (C=O) groups is 1. The van der Waals surface area contributed by atoms with Crippen molar-refractivity contribution < 1.29 is 4.79 Å². The number of urea groups is 1. The van der Waals surface area contributed by atoms with E-state index in [4.69, 9.17) is 6.42 Å². The fraction of sp³-hybridized carbons (Fsp3) is 0.471. The van der Waals surface area contributed by atoms with Crippen molar-refractivity contribution in [1.82, 2.24) is 10.2 Å². The highest BCUT2D eigenvalue weighted by Crippen LogP contribution is 2.11. The summed E-state index contributed by atoms with van der Waals surface area (Å²) in [5.74, 6) is 2.56. The normalized spacial score (nSPS) is 16.2. The standard InChI is InChI=1S/C17H23N3O/c1-3-14-8-7-9-16(12-14)19-17(21)18-15(4-2)13-20-10-5-6-11-20/h1,7-9,12,15H,4-6,10-11,13H2,2H3,(H2,18,19,21). The maximum atomic E-state index is 12.1. The molecule has 1 aromatic carbocycles. The van der Waals surface area contributed by atoms with Crippen molar-refractivity contribution in [2.75, 3.05) is 25.0 Å². The molecule has 1 aliphatic rings. The molecule has 2 N–H and O–H groups in total. The molecule has 1 atom stereocenters. The van der Waals surface area contributed by atoms with Crippen molar-refractivity contribution >= 4 is 11.7 Å². The van der Waals surface area contributed by atoms with Crippen LogP contribution in [0.2, 0.25) is 0 Å². The quantitative estimate of drug-likeness (QED) is 0.817. The van der Waals surface area contributed by atoms with Crippen LogP contribution in [0, 0.1) is 12.3 Å². The van der Waals surface area contributed by atoms with Gasteiger partial charge in [-0.2, -0.15) is 0 Å². The van der Waals surface area contributed by atoms with Gasteiger partial charge in [-0.3, -0.25) is 0 Å². The van der Waals surface area contributed by atoms with Crippen molar-refractivity contribution in [2.24, 2.45) is 0 Å². The Labute approximate surface area is 126 Å². The maximum absolute atomic E-state index is 12.1. The average molecular weight is 285 g/mol. The summed E-state index contributed by atoms with van der Waals surface area (Å²) in [6, 6.07) is 7.31. The van der Waals surface area contributed by atoms with E-state index in [1.54, 1.807) is 6.07 Å². The Kier molecular flexibility index (Phi) is 5.65. The summed E-state index contributed by atoms with van der Waals surface area (Å²) in [6.45, 7) is 5.31. The van der Waals surface area contributed by atoms with Crippen LogP contribution in [0.15, 0.2) is 24.3 Å². The van der Waals surface area contributed by atoms with Gasteiger partial charge in [0.05, 0.1) is 0 Å². The Bertz CT molecular complexity index is 515. The highest BCUT2D eigenvalue weighted by atomic mass is 16.2. The molecule has 1 fully saturated rings. The molecule has 0 aliphatic carbocycles. The number of benzene rings is 1. The third-order valence-electron chi connectivity index (χ3n) is 3.79. The average Bonchev–Trinajstić information content (AvgIpc) is 2.99. The lowest BCUT2D eigenvalue weighted by molar-refractivity contribution is 0.239. The molecule has 0 saturated carbocycles. The van der Waals surface area contributed by atoms with Crippen molar-refractivity contribution in [3.63, 3.8) is 0 Å². The van der Waals surface area contributed by atoms with E-state index in [2.05, 4.69) is 28.4 Å². The molecule has 0 aromatic heterocycles. The summed E-state index contributed by atoms with van der Waals surface area (Å²) in [7, 11) is 0. The highest BCUT2D eigenvalue weighted by molar-refractivity contribution is 5.89. The molecule has 1 unspecified atom stereocenters. The van der Waals surface area contributed by atoms with Crippen molar-refractivity contribution in [3.05, 3.63) is 29.8 Å². The van der Waals surface area contributed by atoms with E-state index >= 15 is 0 Å². The molecule has 0 spiro atoms.